The van der Waals surface area contributed by atoms with Gasteiger partial charge >= 0.3 is 0 Å². The van der Waals surface area contributed by atoms with Gasteiger partial charge in [0.2, 0.25) is 5.91 Å². The van der Waals surface area contributed by atoms with Crippen molar-refractivity contribution in [1.29, 1.82) is 0 Å². The molecule has 0 aromatic heterocycles. The number of piperidine rings is 1. The molecule has 144 valence electrons. The predicted octanol–water partition coefficient (Wildman–Crippen LogP) is 3.50. The smallest absolute Gasteiger partial charge is 0.227 e. The summed E-state index contributed by atoms with van der Waals surface area (Å²) in [5.41, 5.74) is 1.93. The number of methoxy groups -OCH3 is 1. The summed E-state index contributed by atoms with van der Waals surface area (Å²) in [6.45, 7) is 2.57. The van der Waals surface area contributed by atoms with E-state index in [2.05, 4.69) is 11.9 Å². The summed E-state index contributed by atoms with van der Waals surface area (Å²) < 4.78 is 18.4. The highest BCUT2D eigenvalue weighted by molar-refractivity contribution is 5.79. The zero-order valence-corrected chi connectivity index (χ0v) is 16.0. The second-order valence-electron chi connectivity index (χ2n) is 7.21. The number of amides is 1. The summed E-state index contributed by atoms with van der Waals surface area (Å²) >= 11 is 0. The molecule has 0 atom stereocenters. The fraction of sp³-hybridized carbons (Fsp3) is 0.409. The molecule has 0 unspecified atom stereocenters. The summed E-state index contributed by atoms with van der Waals surface area (Å²) in [5.74, 6) is 0.616. The fourth-order valence-electron chi connectivity index (χ4n) is 3.53. The molecular weight excluding hydrogens is 343 g/mol. The van der Waals surface area contributed by atoms with Crippen molar-refractivity contribution in [3.63, 3.8) is 0 Å². The Kier molecular flexibility index (Phi) is 6.45. The van der Waals surface area contributed by atoms with Crippen molar-refractivity contribution in [2.24, 2.45) is 0 Å². The highest BCUT2D eigenvalue weighted by atomic mass is 19.1. The number of hydrogen-bond donors (Lipinski definition) is 0. The molecule has 1 heterocycles. The van der Waals surface area contributed by atoms with Crippen LogP contribution < -0.4 is 4.74 Å². The lowest BCUT2D eigenvalue weighted by Crippen LogP contribution is -2.46. The van der Waals surface area contributed by atoms with E-state index in [1.165, 1.54) is 12.1 Å². The quantitative estimate of drug-likeness (QED) is 0.780. The Hall–Kier alpha value is -2.40. The van der Waals surface area contributed by atoms with Crippen molar-refractivity contribution in [1.82, 2.24) is 9.80 Å². The molecule has 1 aliphatic rings. The van der Waals surface area contributed by atoms with Gasteiger partial charge in [-0.3, -0.25) is 4.79 Å². The number of halogens is 1. The zero-order chi connectivity index (χ0) is 19.2. The van der Waals surface area contributed by atoms with Gasteiger partial charge in [-0.1, -0.05) is 24.3 Å². The summed E-state index contributed by atoms with van der Waals surface area (Å²) in [6, 6.07) is 14.3. The minimum Gasteiger partial charge on any atom is -0.497 e. The van der Waals surface area contributed by atoms with Gasteiger partial charge in [-0.2, -0.15) is 0 Å². The molecule has 1 aliphatic heterocycles. The van der Waals surface area contributed by atoms with E-state index in [-0.39, 0.29) is 17.8 Å². The number of hydrogen-bond acceptors (Lipinski definition) is 3. The van der Waals surface area contributed by atoms with E-state index in [9.17, 15) is 9.18 Å². The Bertz CT molecular complexity index is 738. The Morgan fingerprint density at radius 3 is 2.26 bits per heavy atom. The maximum Gasteiger partial charge on any atom is 0.227 e. The number of carbonyl (C=O) groups excluding carboxylic acids is 1. The molecular formula is C22H27FN2O2. The third-order valence-electron chi connectivity index (χ3n) is 5.23. The number of benzene rings is 2. The normalized spacial score (nSPS) is 15.5. The maximum absolute atomic E-state index is 13.1. The number of carbonyl (C=O) groups is 1. The first-order valence-electron chi connectivity index (χ1n) is 9.40. The highest BCUT2D eigenvalue weighted by Gasteiger charge is 2.27. The Balaban J connectivity index is 1.75. The number of likely N-dealkylation sites (tertiary alicyclic amines) is 1. The molecule has 1 amide bonds. The van der Waals surface area contributed by atoms with E-state index in [0.29, 0.717) is 13.0 Å². The summed E-state index contributed by atoms with van der Waals surface area (Å²) in [6.07, 6.45) is 2.24. The SMILES string of the molecule is COc1ccc(CN(C(=O)Cc2ccc(F)cc2)C2CCN(C)CC2)cc1. The van der Waals surface area contributed by atoms with Crippen molar-refractivity contribution in [2.45, 2.75) is 31.8 Å². The van der Waals surface area contributed by atoms with Crippen molar-refractivity contribution in [3.8, 4) is 5.75 Å². The van der Waals surface area contributed by atoms with Gasteiger partial charge in [-0.05, 0) is 68.4 Å². The van der Waals surface area contributed by atoms with Gasteiger partial charge < -0.3 is 14.5 Å². The van der Waals surface area contributed by atoms with Crippen molar-refractivity contribution in [3.05, 3.63) is 65.5 Å². The van der Waals surface area contributed by atoms with E-state index in [1.807, 2.05) is 29.2 Å². The molecule has 0 bridgehead atoms. The number of nitrogens with zero attached hydrogens (tertiary/aromatic N) is 2. The second-order valence-corrected chi connectivity index (χ2v) is 7.21. The lowest BCUT2D eigenvalue weighted by molar-refractivity contribution is -0.134. The number of ether oxygens (including phenoxy) is 1. The topological polar surface area (TPSA) is 32.8 Å². The maximum atomic E-state index is 13.1. The van der Waals surface area contributed by atoms with Gasteiger partial charge in [0.25, 0.3) is 0 Å². The minimum atomic E-state index is -0.281. The van der Waals surface area contributed by atoms with Crippen LogP contribution in [-0.2, 0) is 17.8 Å². The van der Waals surface area contributed by atoms with Gasteiger partial charge in [-0.25, -0.2) is 4.39 Å². The van der Waals surface area contributed by atoms with Crippen molar-refractivity contribution >= 4 is 5.91 Å². The van der Waals surface area contributed by atoms with E-state index in [1.54, 1.807) is 19.2 Å². The fourth-order valence-corrected chi connectivity index (χ4v) is 3.53. The Labute approximate surface area is 160 Å². The molecule has 5 heteroatoms. The number of rotatable bonds is 6. The van der Waals surface area contributed by atoms with Crippen LogP contribution in [0.2, 0.25) is 0 Å². The lowest BCUT2D eigenvalue weighted by atomic mass is 10.0. The molecule has 3 rings (SSSR count). The first-order chi connectivity index (χ1) is 13.0. The van der Waals surface area contributed by atoms with Crippen LogP contribution in [0.25, 0.3) is 0 Å². The molecule has 27 heavy (non-hydrogen) atoms. The first kappa shape index (κ1) is 19.4. The molecule has 0 radical (unpaired) electrons. The van der Waals surface area contributed by atoms with Gasteiger partial charge in [-0.15, -0.1) is 0 Å². The van der Waals surface area contributed by atoms with Crippen LogP contribution in [0, 0.1) is 5.82 Å². The zero-order valence-electron chi connectivity index (χ0n) is 16.0. The molecule has 0 spiro atoms. The molecule has 0 aliphatic carbocycles. The van der Waals surface area contributed by atoms with Crippen LogP contribution >= 0.6 is 0 Å². The summed E-state index contributed by atoms with van der Waals surface area (Å²) in [7, 11) is 3.76. The molecule has 0 N–H and O–H groups in total. The molecule has 0 saturated carbocycles. The van der Waals surface area contributed by atoms with Crippen LogP contribution in [0.5, 0.6) is 5.75 Å². The second kappa shape index (κ2) is 9.00. The van der Waals surface area contributed by atoms with Crippen LogP contribution in [-0.4, -0.2) is 49.0 Å². The largest absolute Gasteiger partial charge is 0.497 e. The van der Waals surface area contributed by atoms with Gasteiger partial charge in [0.05, 0.1) is 13.5 Å². The van der Waals surface area contributed by atoms with Crippen molar-refractivity contribution < 1.29 is 13.9 Å². The molecule has 2 aromatic carbocycles. The van der Waals surface area contributed by atoms with Crippen LogP contribution in [0.3, 0.4) is 0 Å². The van der Waals surface area contributed by atoms with Crippen LogP contribution in [0.1, 0.15) is 24.0 Å². The average molecular weight is 370 g/mol. The average Bonchev–Trinajstić information content (AvgIpc) is 2.69. The van der Waals surface area contributed by atoms with E-state index in [4.69, 9.17) is 4.74 Å². The third-order valence-corrected chi connectivity index (χ3v) is 5.23. The van der Waals surface area contributed by atoms with E-state index >= 15 is 0 Å². The molecule has 1 fully saturated rings. The monoisotopic (exact) mass is 370 g/mol. The van der Waals surface area contributed by atoms with Gasteiger partial charge in [0.1, 0.15) is 11.6 Å². The minimum absolute atomic E-state index is 0.0898. The van der Waals surface area contributed by atoms with Crippen LogP contribution in [0.15, 0.2) is 48.5 Å². The predicted molar refractivity (Wildman–Crippen MR) is 104 cm³/mol. The summed E-state index contributed by atoms with van der Waals surface area (Å²) in [5, 5.41) is 0. The highest BCUT2D eigenvalue weighted by Crippen LogP contribution is 2.21. The Morgan fingerprint density at radius 1 is 1.07 bits per heavy atom. The van der Waals surface area contributed by atoms with Gasteiger partial charge in [0, 0.05) is 12.6 Å². The standard InChI is InChI=1S/C22H27FN2O2/c1-24-13-11-20(12-14-24)25(16-18-5-9-21(27-2)10-6-18)22(26)15-17-3-7-19(23)8-4-17/h3-10,20H,11-16H2,1-2H3. The van der Waals surface area contributed by atoms with E-state index < -0.39 is 0 Å². The molecule has 4 nitrogen and oxygen atoms in total. The summed E-state index contributed by atoms with van der Waals surface area (Å²) in [4.78, 5) is 17.4. The van der Waals surface area contributed by atoms with Crippen LogP contribution in [0.4, 0.5) is 4.39 Å². The van der Waals surface area contributed by atoms with E-state index in [0.717, 1.165) is 42.8 Å². The third kappa shape index (κ3) is 5.30. The van der Waals surface area contributed by atoms with Crippen molar-refractivity contribution in [2.75, 3.05) is 27.2 Å². The molecule has 2 aromatic rings. The van der Waals surface area contributed by atoms with Gasteiger partial charge in [0.15, 0.2) is 0 Å². The lowest BCUT2D eigenvalue weighted by Gasteiger charge is -2.37. The first-order valence-corrected chi connectivity index (χ1v) is 9.40. The molecule has 1 saturated heterocycles. The Morgan fingerprint density at radius 2 is 1.67 bits per heavy atom.